The number of fused-ring (bicyclic) bond motifs is 1. The van der Waals surface area contributed by atoms with Crippen molar-refractivity contribution in [3.8, 4) is 5.75 Å². The van der Waals surface area contributed by atoms with E-state index in [4.69, 9.17) is 9.47 Å². The lowest BCUT2D eigenvalue weighted by Gasteiger charge is -2.07. The molecule has 0 aliphatic heterocycles. The molecule has 0 spiro atoms. The maximum Gasteiger partial charge on any atom is 0.302 e. The van der Waals surface area contributed by atoms with E-state index in [-0.39, 0.29) is 24.5 Å². The molecule has 26 heavy (non-hydrogen) atoms. The number of Topliss-reactive ketones (excluding diaryl/α,β-unsaturated/α-hetero) is 1. The largest absolute Gasteiger partial charge is 0.490 e. The number of aryl methyl sites for hydroxylation is 1. The lowest BCUT2D eigenvalue weighted by molar-refractivity contribution is -0.140. The van der Waals surface area contributed by atoms with Gasteiger partial charge >= 0.3 is 5.97 Å². The van der Waals surface area contributed by atoms with E-state index in [0.29, 0.717) is 23.7 Å². The first kappa shape index (κ1) is 19.9. The van der Waals surface area contributed by atoms with Crippen LogP contribution in [0.1, 0.15) is 36.5 Å². The zero-order chi connectivity index (χ0) is 19.3. The van der Waals surface area contributed by atoms with Crippen LogP contribution in [0.25, 0.3) is 5.65 Å². The quantitative estimate of drug-likeness (QED) is 0.368. The Morgan fingerprint density at radius 3 is 2.69 bits per heavy atom. The van der Waals surface area contributed by atoms with Gasteiger partial charge in [0.25, 0.3) is 0 Å². The van der Waals surface area contributed by atoms with Crippen molar-refractivity contribution in [3.05, 3.63) is 29.7 Å². The van der Waals surface area contributed by atoms with E-state index >= 15 is 0 Å². The van der Waals surface area contributed by atoms with Gasteiger partial charge in [0.05, 0.1) is 24.7 Å². The number of hydrogen-bond donors (Lipinski definition) is 0. The summed E-state index contributed by atoms with van der Waals surface area (Å²) in [6.07, 6.45) is 1.80. The van der Waals surface area contributed by atoms with E-state index in [2.05, 4.69) is 4.98 Å². The Hall–Kier alpha value is -2.42. The predicted octanol–water partition coefficient (Wildman–Crippen LogP) is 1.59. The molecule has 0 aliphatic carbocycles. The fraction of sp³-hybridized carbons (Fsp3) is 0.471. The van der Waals surface area contributed by atoms with E-state index in [1.165, 1.54) is 6.92 Å². The fourth-order valence-electron chi connectivity index (χ4n) is 2.60. The van der Waals surface area contributed by atoms with E-state index < -0.39 is 27.3 Å². The predicted molar refractivity (Wildman–Crippen MR) is 95.3 cm³/mol. The second-order valence-electron chi connectivity index (χ2n) is 5.75. The summed E-state index contributed by atoms with van der Waals surface area (Å²) >= 11 is 0. The van der Waals surface area contributed by atoms with Crippen LogP contribution in [-0.4, -0.2) is 54.3 Å². The summed E-state index contributed by atoms with van der Waals surface area (Å²) in [5.41, 5.74) is 1.14. The molecule has 2 aromatic rings. The second-order valence-corrected chi connectivity index (χ2v) is 7.94. The molecule has 0 saturated carbocycles. The molecule has 2 rings (SSSR count). The maximum absolute atomic E-state index is 12.6. The number of nitrogens with zero attached hydrogens (tertiary/aromatic N) is 2. The van der Waals surface area contributed by atoms with Crippen molar-refractivity contribution >= 4 is 27.2 Å². The first-order chi connectivity index (χ1) is 12.2. The summed E-state index contributed by atoms with van der Waals surface area (Å²) in [5, 5.41) is 0. The van der Waals surface area contributed by atoms with Crippen LogP contribution in [0.4, 0.5) is 0 Å². The van der Waals surface area contributed by atoms with E-state index in [0.717, 1.165) is 0 Å². The number of pyridine rings is 1. The van der Waals surface area contributed by atoms with Gasteiger partial charge in [-0.15, -0.1) is 0 Å². The molecule has 9 heteroatoms. The van der Waals surface area contributed by atoms with Crippen LogP contribution in [0.2, 0.25) is 0 Å². The molecule has 0 amide bonds. The van der Waals surface area contributed by atoms with E-state index in [1.807, 2.05) is 6.92 Å². The van der Waals surface area contributed by atoms with Gasteiger partial charge in [-0.1, -0.05) is 0 Å². The molecule has 0 bridgehead atoms. The Morgan fingerprint density at radius 2 is 2.04 bits per heavy atom. The van der Waals surface area contributed by atoms with Gasteiger partial charge in [-0.3, -0.25) is 14.0 Å². The third kappa shape index (κ3) is 4.81. The zero-order valence-electron chi connectivity index (χ0n) is 15.0. The molecule has 0 atom stereocenters. The standard InChI is InChI=1S/C17H22N2O6S/c1-4-24-15-7-5-8-19-16(12(2)18-17(15)19)14(21)11-26(22,23)10-6-9-25-13(3)20/h5,7-8H,4,6,9-11H2,1-3H3. The van der Waals surface area contributed by atoms with Crippen molar-refractivity contribution in [1.29, 1.82) is 0 Å². The zero-order valence-corrected chi connectivity index (χ0v) is 15.8. The van der Waals surface area contributed by atoms with Gasteiger partial charge in [-0.25, -0.2) is 13.4 Å². The van der Waals surface area contributed by atoms with Crippen LogP contribution in [0.3, 0.4) is 0 Å². The highest BCUT2D eigenvalue weighted by molar-refractivity contribution is 7.92. The Labute approximate surface area is 152 Å². The molecule has 142 valence electrons. The number of carbonyl (C=O) groups excluding carboxylic acids is 2. The molecule has 0 radical (unpaired) electrons. The summed E-state index contributed by atoms with van der Waals surface area (Å²) in [6.45, 7) is 5.21. The minimum absolute atomic E-state index is 0.00904. The van der Waals surface area contributed by atoms with Gasteiger partial charge in [-0.2, -0.15) is 0 Å². The Morgan fingerprint density at radius 1 is 1.31 bits per heavy atom. The summed E-state index contributed by atoms with van der Waals surface area (Å²) in [5.74, 6) is -1.32. The smallest absolute Gasteiger partial charge is 0.302 e. The molecule has 0 aliphatic rings. The highest BCUT2D eigenvalue weighted by Crippen LogP contribution is 2.22. The second kappa shape index (κ2) is 8.31. The number of imidazole rings is 1. The van der Waals surface area contributed by atoms with Crippen LogP contribution in [0.15, 0.2) is 18.3 Å². The topological polar surface area (TPSA) is 104 Å². The number of carbonyl (C=O) groups is 2. The normalized spacial score (nSPS) is 11.5. The van der Waals surface area contributed by atoms with Gasteiger partial charge in [0.2, 0.25) is 0 Å². The average molecular weight is 382 g/mol. The summed E-state index contributed by atoms with van der Waals surface area (Å²) in [4.78, 5) is 27.6. The van der Waals surface area contributed by atoms with Crippen molar-refractivity contribution in [1.82, 2.24) is 9.38 Å². The number of esters is 1. The summed E-state index contributed by atoms with van der Waals surface area (Å²) in [6, 6.07) is 3.45. The van der Waals surface area contributed by atoms with Crippen LogP contribution in [-0.2, 0) is 19.4 Å². The molecule has 8 nitrogen and oxygen atoms in total. The number of hydrogen-bond acceptors (Lipinski definition) is 7. The number of sulfone groups is 1. The van der Waals surface area contributed by atoms with Crippen LogP contribution >= 0.6 is 0 Å². The number of ether oxygens (including phenoxy) is 2. The summed E-state index contributed by atoms with van der Waals surface area (Å²) < 4.78 is 36.1. The molecule has 0 fully saturated rings. The van der Waals surface area contributed by atoms with Crippen LogP contribution < -0.4 is 4.74 Å². The average Bonchev–Trinajstić information content (AvgIpc) is 2.88. The third-order valence-electron chi connectivity index (χ3n) is 3.61. The minimum atomic E-state index is -3.62. The molecule has 0 aromatic carbocycles. The van der Waals surface area contributed by atoms with Crippen molar-refractivity contribution in [3.63, 3.8) is 0 Å². The number of rotatable bonds is 9. The van der Waals surface area contributed by atoms with Crippen molar-refractivity contribution in [2.24, 2.45) is 0 Å². The highest BCUT2D eigenvalue weighted by Gasteiger charge is 2.24. The van der Waals surface area contributed by atoms with Gasteiger partial charge in [-0.05, 0) is 32.4 Å². The Balaban J connectivity index is 2.18. The third-order valence-corrected chi connectivity index (χ3v) is 5.22. The molecular weight excluding hydrogens is 360 g/mol. The lowest BCUT2D eigenvalue weighted by atomic mass is 10.2. The van der Waals surface area contributed by atoms with E-state index in [1.54, 1.807) is 29.7 Å². The molecule has 0 unspecified atom stereocenters. The first-order valence-electron chi connectivity index (χ1n) is 8.22. The molecular formula is C17H22N2O6S. The van der Waals surface area contributed by atoms with Gasteiger partial charge in [0.15, 0.2) is 27.0 Å². The van der Waals surface area contributed by atoms with Gasteiger partial charge in [0, 0.05) is 13.1 Å². The fourth-order valence-corrected chi connectivity index (χ4v) is 3.83. The number of ketones is 1. The van der Waals surface area contributed by atoms with Crippen LogP contribution in [0, 0.1) is 6.92 Å². The molecule has 2 heterocycles. The summed E-state index contributed by atoms with van der Waals surface area (Å²) in [7, 11) is -3.62. The SMILES string of the molecule is CCOc1cccn2c(C(=O)CS(=O)(=O)CCCOC(C)=O)c(C)nc12. The molecule has 2 aromatic heterocycles. The monoisotopic (exact) mass is 382 g/mol. The highest BCUT2D eigenvalue weighted by atomic mass is 32.2. The minimum Gasteiger partial charge on any atom is -0.490 e. The van der Waals surface area contributed by atoms with Crippen molar-refractivity contribution in [2.45, 2.75) is 27.2 Å². The lowest BCUT2D eigenvalue weighted by Crippen LogP contribution is -2.21. The van der Waals surface area contributed by atoms with Crippen molar-refractivity contribution < 1.29 is 27.5 Å². The molecule has 0 saturated heterocycles. The maximum atomic E-state index is 12.6. The van der Waals surface area contributed by atoms with Crippen LogP contribution in [0.5, 0.6) is 5.75 Å². The van der Waals surface area contributed by atoms with Crippen molar-refractivity contribution in [2.75, 3.05) is 24.7 Å². The molecule has 0 N–H and O–H groups in total. The van der Waals surface area contributed by atoms with Gasteiger partial charge in [0.1, 0.15) is 11.4 Å². The Kier molecular flexibility index (Phi) is 6.36. The Bertz CT molecular complexity index is 917. The number of aromatic nitrogens is 2. The van der Waals surface area contributed by atoms with E-state index in [9.17, 15) is 18.0 Å². The van der Waals surface area contributed by atoms with Gasteiger partial charge < -0.3 is 9.47 Å². The first-order valence-corrected chi connectivity index (χ1v) is 10.0.